The Morgan fingerprint density at radius 2 is 1.04 bits per heavy atom. The smallest absolute Gasteiger partial charge is 0.744 e. The summed E-state index contributed by atoms with van der Waals surface area (Å²) >= 11 is 0. The van der Waals surface area contributed by atoms with Crippen molar-refractivity contribution < 1.29 is 98.6 Å². The number of rotatable bonds is 4. The number of carbonyl (C=O) groups excluding carboxylic acids is 1. The Labute approximate surface area is 191 Å². The van der Waals surface area contributed by atoms with E-state index in [4.69, 9.17) is 0 Å². The summed E-state index contributed by atoms with van der Waals surface area (Å²) in [5.74, 6) is -3.78. The topological polar surface area (TPSA) is 131 Å². The Morgan fingerprint density at radius 1 is 0.731 bits per heavy atom. The minimum Gasteiger partial charge on any atom is -0.744 e. The summed E-state index contributed by atoms with van der Waals surface area (Å²) in [5.41, 5.74) is -0.932. The van der Waals surface area contributed by atoms with E-state index in [1.165, 1.54) is 0 Å². The van der Waals surface area contributed by atoms with Crippen LogP contribution in [0.15, 0.2) is 46.2 Å². The molecular weight excluding hydrogens is 416 g/mol. The zero-order chi connectivity index (χ0) is 18.3. The molecule has 0 aromatic heterocycles. The predicted molar refractivity (Wildman–Crippen MR) is 72.2 cm³/mol. The monoisotopic (exact) mass is 422 g/mol. The average Bonchev–Trinajstić information content (AvgIpc) is 2.45. The van der Waals surface area contributed by atoms with Crippen LogP contribution >= 0.6 is 0 Å². The van der Waals surface area contributed by atoms with E-state index in [-0.39, 0.29) is 59.1 Å². The number of benzene rings is 2. The molecule has 26 heavy (non-hydrogen) atoms. The van der Waals surface area contributed by atoms with Crippen LogP contribution in [-0.4, -0.2) is 31.7 Å². The molecule has 2 rings (SSSR count). The van der Waals surface area contributed by atoms with Crippen LogP contribution in [0.3, 0.4) is 0 Å². The van der Waals surface area contributed by atoms with Gasteiger partial charge in [0.25, 0.3) is 0 Å². The van der Waals surface area contributed by atoms with E-state index in [0.29, 0.717) is 24.3 Å². The van der Waals surface area contributed by atoms with Gasteiger partial charge >= 0.3 is 59.1 Å². The third-order valence-corrected chi connectivity index (χ3v) is 4.63. The van der Waals surface area contributed by atoms with Crippen LogP contribution < -0.4 is 59.1 Å². The molecule has 13 heteroatoms. The fourth-order valence-electron chi connectivity index (χ4n) is 1.84. The number of hydrogen-bond acceptors (Lipinski definition) is 7. The van der Waals surface area contributed by atoms with E-state index in [9.17, 15) is 39.5 Å². The summed E-state index contributed by atoms with van der Waals surface area (Å²) in [4.78, 5) is 9.65. The first kappa shape index (κ1) is 25.8. The summed E-state index contributed by atoms with van der Waals surface area (Å²) in [5, 5.41) is 0. The number of ketones is 1. The summed E-state index contributed by atoms with van der Waals surface area (Å²) in [7, 11) is -10.4. The largest absolute Gasteiger partial charge is 1.00 e. The predicted octanol–water partition coefficient (Wildman–Crippen LogP) is -4.99. The van der Waals surface area contributed by atoms with Crippen molar-refractivity contribution in [1.29, 1.82) is 0 Å². The molecule has 0 heterocycles. The standard InChI is InChI=1S/C13H8F2O7S2.2Na/c14-9-3-1-7(5-11(9)23(17,18)19)13(16)8-2-4-10(15)12(6-8)24(20,21)22;;/h1-6H,(H,17,18,19)(H,20,21,22);;/q;2*+1/p-2. The molecule has 0 aliphatic carbocycles. The fraction of sp³-hybridized carbons (Fsp3) is 0. The van der Waals surface area contributed by atoms with Gasteiger partial charge in [-0.2, -0.15) is 0 Å². The van der Waals surface area contributed by atoms with Crippen molar-refractivity contribution in [3.63, 3.8) is 0 Å². The molecule has 0 spiro atoms. The molecule has 128 valence electrons. The van der Waals surface area contributed by atoms with E-state index >= 15 is 0 Å². The molecule has 2 aromatic rings. The molecule has 0 N–H and O–H groups in total. The normalized spacial score (nSPS) is 11.2. The van der Waals surface area contributed by atoms with Gasteiger partial charge in [-0.25, -0.2) is 25.6 Å². The molecule has 0 saturated heterocycles. The van der Waals surface area contributed by atoms with Gasteiger partial charge in [0, 0.05) is 11.1 Å². The minimum absolute atomic E-state index is 0. The second-order valence-corrected chi connectivity index (χ2v) is 7.22. The molecule has 0 atom stereocenters. The van der Waals surface area contributed by atoms with Crippen molar-refractivity contribution in [3.8, 4) is 0 Å². The third kappa shape index (κ3) is 5.89. The van der Waals surface area contributed by atoms with Crippen molar-refractivity contribution in [2.45, 2.75) is 9.79 Å². The maximum atomic E-state index is 13.3. The molecule has 0 aliphatic rings. The van der Waals surface area contributed by atoms with Crippen LogP contribution in [0.5, 0.6) is 0 Å². The van der Waals surface area contributed by atoms with Crippen molar-refractivity contribution in [2.75, 3.05) is 0 Å². The third-order valence-electron chi connectivity index (χ3n) is 2.93. The Morgan fingerprint density at radius 3 is 1.31 bits per heavy atom. The van der Waals surface area contributed by atoms with Crippen molar-refractivity contribution in [2.24, 2.45) is 0 Å². The SMILES string of the molecule is O=C(c1ccc(F)c(S(=O)(=O)[O-])c1)c1ccc(F)c(S(=O)(=O)[O-])c1.[Na+].[Na+]. The van der Waals surface area contributed by atoms with Crippen LogP contribution in [0.2, 0.25) is 0 Å². The van der Waals surface area contributed by atoms with Gasteiger partial charge < -0.3 is 9.11 Å². The summed E-state index contributed by atoms with van der Waals surface area (Å²) in [6.07, 6.45) is 0. The van der Waals surface area contributed by atoms with Gasteiger partial charge in [-0.1, -0.05) is 0 Å². The van der Waals surface area contributed by atoms with Gasteiger partial charge in [-0.15, -0.1) is 0 Å². The van der Waals surface area contributed by atoms with Crippen molar-refractivity contribution >= 4 is 26.0 Å². The summed E-state index contributed by atoms with van der Waals surface area (Å²) < 4.78 is 92.2. The zero-order valence-electron chi connectivity index (χ0n) is 13.4. The van der Waals surface area contributed by atoms with E-state index in [1.54, 1.807) is 0 Å². The van der Waals surface area contributed by atoms with Crippen LogP contribution in [0.25, 0.3) is 0 Å². The molecule has 0 amide bonds. The Hall–Kier alpha value is -0.210. The molecule has 0 saturated carbocycles. The van der Waals surface area contributed by atoms with Crippen LogP contribution in [0.1, 0.15) is 15.9 Å². The number of carbonyl (C=O) groups is 1. The Bertz CT molecular complexity index is 971. The van der Waals surface area contributed by atoms with E-state index in [0.717, 1.165) is 12.1 Å². The number of hydrogen-bond donors (Lipinski definition) is 0. The first-order valence-corrected chi connectivity index (χ1v) is 8.78. The van der Waals surface area contributed by atoms with Crippen molar-refractivity contribution in [3.05, 3.63) is 59.2 Å². The average molecular weight is 422 g/mol. The van der Waals surface area contributed by atoms with Gasteiger partial charge in [0.2, 0.25) is 0 Å². The molecular formula is C13H6F2Na2O7S2. The van der Waals surface area contributed by atoms with E-state index in [1.807, 2.05) is 0 Å². The van der Waals surface area contributed by atoms with Gasteiger partial charge in [-0.05, 0) is 36.4 Å². The number of halogens is 2. The van der Waals surface area contributed by atoms with Gasteiger partial charge in [-0.3, -0.25) is 4.79 Å². The molecule has 0 radical (unpaired) electrons. The van der Waals surface area contributed by atoms with Gasteiger partial charge in [0.15, 0.2) is 5.78 Å². The van der Waals surface area contributed by atoms with Gasteiger partial charge in [0.05, 0.1) is 9.79 Å². The van der Waals surface area contributed by atoms with Crippen LogP contribution in [-0.2, 0) is 20.2 Å². The first-order valence-electron chi connectivity index (χ1n) is 5.97. The first-order chi connectivity index (χ1) is 10.9. The molecule has 0 fully saturated rings. The minimum atomic E-state index is -5.19. The van der Waals surface area contributed by atoms with E-state index in [2.05, 4.69) is 0 Å². The second-order valence-electron chi connectivity index (χ2n) is 4.53. The summed E-state index contributed by atoms with van der Waals surface area (Å²) in [6, 6.07) is 3.76. The molecule has 0 bridgehead atoms. The van der Waals surface area contributed by atoms with Crippen molar-refractivity contribution in [1.82, 2.24) is 0 Å². The fourth-order valence-corrected chi connectivity index (χ4v) is 3.00. The zero-order valence-corrected chi connectivity index (χ0v) is 19.0. The maximum Gasteiger partial charge on any atom is 1.00 e. The van der Waals surface area contributed by atoms with Gasteiger partial charge in [0.1, 0.15) is 31.9 Å². The Kier molecular flexibility index (Phi) is 9.25. The van der Waals surface area contributed by atoms with Crippen LogP contribution in [0.4, 0.5) is 8.78 Å². The Balaban J connectivity index is 0.00000312. The molecule has 0 unspecified atom stereocenters. The molecule has 7 nitrogen and oxygen atoms in total. The van der Waals surface area contributed by atoms with E-state index < -0.39 is 58.6 Å². The molecule has 0 aliphatic heterocycles. The van der Waals surface area contributed by atoms with Crippen LogP contribution in [0, 0.1) is 11.6 Å². The quantitative estimate of drug-likeness (QED) is 0.274. The summed E-state index contributed by atoms with van der Waals surface area (Å²) in [6.45, 7) is 0. The maximum absolute atomic E-state index is 13.3. The second kappa shape index (κ2) is 9.32. The molecule has 2 aromatic carbocycles.